The van der Waals surface area contributed by atoms with Gasteiger partial charge in [0.25, 0.3) is 0 Å². The molecule has 0 bridgehead atoms. The topological polar surface area (TPSA) is 120 Å². The molecular weight excluding hydrogens is 322 g/mol. The Balaban J connectivity index is 1.62. The molecule has 2 N–H and O–H groups in total. The lowest BCUT2D eigenvalue weighted by Crippen LogP contribution is -2.30. The second kappa shape index (κ2) is 7.30. The first-order valence-electron chi connectivity index (χ1n) is 7.37. The first kappa shape index (κ1) is 16.2. The molecule has 1 amide bonds. The molecule has 3 rings (SSSR count). The van der Waals surface area contributed by atoms with Crippen molar-refractivity contribution >= 4 is 11.8 Å². The van der Waals surface area contributed by atoms with Crippen molar-refractivity contribution < 1.29 is 9.53 Å². The SMILES string of the molecule is CN(Cc1nnc(-c2ccc(N)cc2)nn1)C(=O)Oc1ccncc1. The van der Waals surface area contributed by atoms with Crippen LogP contribution in [-0.4, -0.2) is 43.4 Å². The maximum Gasteiger partial charge on any atom is 0.415 e. The van der Waals surface area contributed by atoms with E-state index in [1.165, 1.54) is 17.3 Å². The lowest BCUT2D eigenvalue weighted by atomic mass is 10.2. The van der Waals surface area contributed by atoms with Gasteiger partial charge in [0.05, 0.1) is 6.54 Å². The molecule has 0 aliphatic rings. The van der Waals surface area contributed by atoms with Gasteiger partial charge in [-0.15, -0.1) is 20.4 Å². The summed E-state index contributed by atoms with van der Waals surface area (Å²) < 4.78 is 5.19. The van der Waals surface area contributed by atoms with Crippen LogP contribution in [0.5, 0.6) is 5.75 Å². The second-order valence-corrected chi connectivity index (χ2v) is 5.17. The van der Waals surface area contributed by atoms with Gasteiger partial charge >= 0.3 is 6.09 Å². The molecule has 126 valence electrons. The van der Waals surface area contributed by atoms with E-state index in [0.717, 1.165) is 5.56 Å². The third-order valence-electron chi connectivity index (χ3n) is 3.23. The van der Waals surface area contributed by atoms with Crippen molar-refractivity contribution in [1.29, 1.82) is 0 Å². The van der Waals surface area contributed by atoms with E-state index in [9.17, 15) is 4.79 Å². The van der Waals surface area contributed by atoms with Gasteiger partial charge < -0.3 is 15.4 Å². The normalized spacial score (nSPS) is 10.3. The number of rotatable bonds is 4. The fourth-order valence-electron chi connectivity index (χ4n) is 1.92. The highest BCUT2D eigenvalue weighted by Gasteiger charge is 2.14. The molecule has 9 heteroatoms. The minimum atomic E-state index is -0.544. The van der Waals surface area contributed by atoms with Crippen LogP contribution in [-0.2, 0) is 6.54 Å². The standard InChI is InChI=1S/C16H15N7O2/c1-23(16(24)25-13-6-8-18-9-7-13)10-14-19-21-15(22-20-14)11-2-4-12(17)5-3-11/h2-9H,10,17H2,1H3. The Hall–Kier alpha value is -3.62. The van der Waals surface area contributed by atoms with E-state index in [1.54, 1.807) is 43.4 Å². The van der Waals surface area contributed by atoms with Crippen LogP contribution < -0.4 is 10.5 Å². The Bertz CT molecular complexity index is 839. The van der Waals surface area contributed by atoms with Crippen LogP contribution in [0.15, 0.2) is 48.8 Å². The van der Waals surface area contributed by atoms with Crippen molar-refractivity contribution in [2.45, 2.75) is 6.54 Å². The molecule has 0 aliphatic heterocycles. The molecule has 0 unspecified atom stereocenters. The van der Waals surface area contributed by atoms with Gasteiger partial charge in [0, 0.05) is 30.7 Å². The Morgan fingerprint density at radius 2 is 1.68 bits per heavy atom. The maximum atomic E-state index is 12.0. The molecule has 25 heavy (non-hydrogen) atoms. The number of hydrogen-bond acceptors (Lipinski definition) is 8. The second-order valence-electron chi connectivity index (χ2n) is 5.17. The van der Waals surface area contributed by atoms with Crippen LogP contribution in [0.4, 0.5) is 10.5 Å². The summed E-state index contributed by atoms with van der Waals surface area (Å²) in [7, 11) is 1.57. The average molecular weight is 337 g/mol. The molecule has 0 saturated carbocycles. The highest BCUT2D eigenvalue weighted by molar-refractivity contribution is 5.70. The fourth-order valence-corrected chi connectivity index (χ4v) is 1.92. The van der Waals surface area contributed by atoms with E-state index in [-0.39, 0.29) is 6.54 Å². The Morgan fingerprint density at radius 1 is 1.04 bits per heavy atom. The van der Waals surface area contributed by atoms with Gasteiger partial charge in [-0.05, 0) is 36.4 Å². The van der Waals surface area contributed by atoms with Crippen LogP contribution in [0.25, 0.3) is 11.4 Å². The summed E-state index contributed by atoms with van der Waals surface area (Å²) in [6, 6.07) is 10.2. The molecular formula is C16H15N7O2. The van der Waals surface area contributed by atoms with Crippen LogP contribution in [0.3, 0.4) is 0 Å². The van der Waals surface area contributed by atoms with E-state index >= 15 is 0 Å². The van der Waals surface area contributed by atoms with E-state index in [0.29, 0.717) is 23.1 Å². The van der Waals surface area contributed by atoms with Crippen LogP contribution in [0.1, 0.15) is 5.82 Å². The summed E-state index contributed by atoms with van der Waals surface area (Å²) in [6.45, 7) is 0.117. The summed E-state index contributed by atoms with van der Waals surface area (Å²) in [4.78, 5) is 17.2. The molecule has 0 spiro atoms. The number of amides is 1. The first-order chi connectivity index (χ1) is 12.1. The largest absolute Gasteiger partial charge is 0.415 e. The van der Waals surface area contributed by atoms with Gasteiger partial charge in [-0.2, -0.15) is 0 Å². The molecule has 2 heterocycles. The summed E-state index contributed by atoms with van der Waals surface area (Å²) in [6.07, 6.45) is 2.53. The summed E-state index contributed by atoms with van der Waals surface area (Å²) in [5.41, 5.74) is 7.05. The number of nitrogens with zero attached hydrogens (tertiary/aromatic N) is 6. The first-order valence-corrected chi connectivity index (χ1v) is 7.37. The molecule has 0 saturated heterocycles. The molecule has 0 aliphatic carbocycles. The number of carbonyl (C=O) groups is 1. The van der Waals surface area contributed by atoms with Crippen molar-refractivity contribution in [2.75, 3.05) is 12.8 Å². The zero-order valence-electron chi connectivity index (χ0n) is 13.4. The van der Waals surface area contributed by atoms with Crippen molar-refractivity contribution in [3.63, 3.8) is 0 Å². The fraction of sp³-hybridized carbons (Fsp3) is 0.125. The lowest BCUT2D eigenvalue weighted by molar-refractivity contribution is 0.159. The van der Waals surface area contributed by atoms with Gasteiger partial charge in [0.1, 0.15) is 5.75 Å². The third kappa shape index (κ3) is 4.22. The van der Waals surface area contributed by atoms with Crippen molar-refractivity contribution in [2.24, 2.45) is 0 Å². The minimum Gasteiger partial charge on any atom is -0.410 e. The number of nitrogen functional groups attached to an aromatic ring is 1. The van der Waals surface area contributed by atoms with E-state index in [1.807, 2.05) is 0 Å². The van der Waals surface area contributed by atoms with E-state index in [2.05, 4.69) is 25.4 Å². The number of anilines is 1. The van der Waals surface area contributed by atoms with Crippen LogP contribution in [0.2, 0.25) is 0 Å². The van der Waals surface area contributed by atoms with Crippen molar-refractivity contribution in [3.8, 4) is 17.1 Å². The van der Waals surface area contributed by atoms with Crippen LogP contribution >= 0.6 is 0 Å². The smallest absolute Gasteiger partial charge is 0.410 e. The van der Waals surface area contributed by atoms with Crippen molar-refractivity contribution in [1.82, 2.24) is 30.3 Å². The predicted molar refractivity (Wildman–Crippen MR) is 89.2 cm³/mol. The molecule has 3 aromatic rings. The minimum absolute atomic E-state index is 0.117. The van der Waals surface area contributed by atoms with Gasteiger partial charge in [-0.25, -0.2) is 4.79 Å². The third-order valence-corrected chi connectivity index (χ3v) is 3.23. The molecule has 0 fully saturated rings. The zero-order valence-corrected chi connectivity index (χ0v) is 13.4. The number of aromatic nitrogens is 5. The Kier molecular flexibility index (Phi) is 4.74. The lowest BCUT2D eigenvalue weighted by Gasteiger charge is -2.15. The molecule has 1 aromatic carbocycles. The van der Waals surface area contributed by atoms with E-state index < -0.39 is 6.09 Å². The average Bonchev–Trinajstić information content (AvgIpc) is 2.64. The molecule has 2 aromatic heterocycles. The summed E-state index contributed by atoms with van der Waals surface area (Å²) in [5, 5.41) is 16.0. The summed E-state index contributed by atoms with van der Waals surface area (Å²) in [5.74, 6) is 1.09. The zero-order chi connectivity index (χ0) is 17.6. The number of pyridine rings is 1. The maximum absolute atomic E-state index is 12.0. The van der Waals surface area contributed by atoms with Gasteiger partial charge in [0.15, 0.2) is 5.82 Å². The summed E-state index contributed by atoms with van der Waals surface area (Å²) >= 11 is 0. The monoisotopic (exact) mass is 337 g/mol. The molecule has 9 nitrogen and oxygen atoms in total. The van der Waals surface area contributed by atoms with Gasteiger partial charge in [-0.3, -0.25) is 4.98 Å². The van der Waals surface area contributed by atoms with Gasteiger partial charge in [0.2, 0.25) is 5.82 Å². The number of carbonyl (C=O) groups excluding carboxylic acids is 1. The van der Waals surface area contributed by atoms with Crippen molar-refractivity contribution in [3.05, 3.63) is 54.6 Å². The predicted octanol–water partition coefficient (Wildman–Crippen LogP) is 1.54. The highest BCUT2D eigenvalue weighted by atomic mass is 16.6. The quantitative estimate of drug-likeness (QED) is 0.712. The number of ether oxygens (including phenoxy) is 1. The molecule has 0 atom stereocenters. The number of nitrogens with two attached hydrogens (primary N) is 1. The van der Waals surface area contributed by atoms with Crippen LogP contribution in [0, 0.1) is 0 Å². The Morgan fingerprint density at radius 3 is 2.32 bits per heavy atom. The number of benzene rings is 1. The number of hydrogen-bond donors (Lipinski definition) is 1. The Labute approximate surface area is 143 Å². The van der Waals surface area contributed by atoms with Gasteiger partial charge in [-0.1, -0.05) is 0 Å². The highest BCUT2D eigenvalue weighted by Crippen LogP contribution is 2.15. The van der Waals surface area contributed by atoms with E-state index in [4.69, 9.17) is 10.5 Å². The molecule has 0 radical (unpaired) electrons.